The maximum Gasteiger partial charge on any atom is 0.472 e. The monoisotopic (exact) mass is 579 g/mol. The molecule has 2 atom stereocenters. The first kappa shape index (κ1) is 38.0. The third-order valence-corrected chi connectivity index (χ3v) is 7.45. The van der Waals surface area contributed by atoms with Gasteiger partial charge in [-0.15, -0.1) is 0 Å². The zero-order valence-electron chi connectivity index (χ0n) is 24.9. The molecule has 1 unspecified atom stereocenters. The first-order valence-corrected chi connectivity index (χ1v) is 17.0. The van der Waals surface area contributed by atoms with E-state index in [-0.39, 0.29) is 38.6 Å². The highest BCUT2D eigenvalue weighted by Gasteiger charge is 2.25. The third kappa shape index (κ3) is 27.0. The van der Waals surface area contributed by atoms with E-state index in [1.54, 1.807) is 0 Å². The highest BCUT2D eigenvalue weighted by molar-refractivity contribution is 7.47. The van der Waals surface area contributed by atoms with E-state index in [1.807, 2.05) is 6.92 Å². The molecule has 0 aromatic carbocycles. The van der Waals surface area contributed by atoms with Crippen LogP contribution in [0.4, 0.5) is 0 Å². The first-order valence-electron chi connectivity index (χ1n) is 15.5. The first-order chi connectivity index (χ1) is 18.8. The lowest BCUT2D eigenvalue weighted by Crippen LogP contribution is -2.29. The Morgan fingerprint density at radius 1 is 0.667 bits per heavy atom. The van der Waals surface area contributed by atoms with Crippen molar-refractivity contribution in [2.75, 3.05) is 26.4 Å². The molecule has 0 aliphatic rings. The highest BCUT2D eigenvalue weighted by atomic mass is 31.2. The number of hydrogen-bond donors (Lipinski definition) is 2. The lowest BCUT2D eigenvalue weighted by atomic mass is 10.0. The molecular weight excluding hydrogens is 521 g/mol. The lowest BCUT2D eigenvalue weighted by molar-refractivity contribution is -0.161. The van der Waals surface area contributed by atoms with Crippen LogP contribution >= 0.6 is 7.82 Å². The smallest absolute Gasteiger partial charge is 0.462 e. The van der Waals surface area contributed by atoms with Crippen molar-refractivity contribution in [1.29, 1.82) is 0 Å². The van der Waals surface area contributed by atoms with E-state index >= 15 is 0 Å². The summed E-state index contributed by atoms with van der Waals surface area (Å²) in [6.45, 7) is 3.32. The molecule has 0 saturated heterocycles. The predicted octanol–water partition coefficient (Wildman–Crippen LogP) is 7.38. The summed E-state index contributed by atoms with van der Waals surface area (Å²) >= 11 is 0. The molecule has 3 N–H and O–H groups in total. The SMILES string of the molecule is CCCCCCCCCCCCCCCCCCCC(=O)OC[C@H](COP(=O)(O)OCCN)OC(=O)CCC. The van der Waals surface area contributed by atoms with Crippen LogP contribution in [0.25, 0.3) is 0 Å². The second kappa shape index (κ2) is 27.2. The van der Waals surface area contributed by atoms with Crippen molar-refractivity contribution in [2.45, 2.75) is 148 Å². The van der Waals surface area contributed by atoms with Gasteiger partial charge in [-0.05, 0) is 12.8 Å². The largest absolute Gasteiger partial charge is 0.472 e. The van der Waals surface area contributed by atoms with Gasteiger partial charge in [0.25, 0.3) is 0 Å². The number of hydrogen-bond acceptors (Lipinski definition) is 8. The topological polar surface area (TPSA) is 134 Å². The number of carbonyl (C=O) groups excluding carboxylic acids is 2. The van der Waals surface area contributed by atoms with Crippen molar-refractivity contribution in [3.05, 3.63) is 0 Å². The minimum Gasteiger partial charge on any atom is -0.462 e. The second-order valence-electron chi connectivity index (χ2n) is 10.3. The standard InChI is InChI=1S/C29H58NO8P/c1-3-5-6-7-8-9-10-11-12-13-14-15-16-17-18-19-20-22-28(31)35-25-27(38-29(32)21-4-2)26-37-39(33,34)36-24-23-30/h27H,3-26,30H2,1-2H3,(H,33,34)/t27-/m1/s1. The molecule has 10 heteroatoms. The van der Waals surface area contributed by atoms with Crippen molar-refractivity contribution < 1.29 is 37.6 Å². The second-order valence-corrected chi connectivity index (χ2v) is 11.8. The summed E-state index contributed by atoms with van der Waals surface area (Å²) in [5.74, 6) is -0.884. The minimum absolute atomic E-state index is 0.0554. The average molecular weight is 580 g/mol. The molecule has 0 spiro atoms. The molecule has 0 saturated carbocycles. The van der Waals surface area contributed by atoms with Crippen LogP contribution in [0.5, 0.6) is 0 Å². The molecule has 0 aliphatic carbocycles. The Hall–Kier alpha value is -0.990. The molecule has 0 rings (SSSR count). The van der Waals surface area contributed by atoms with Gasteiger partial charge < -0.3 is 20.1 Å². The summed E-state index contributed by atoms with van der Waals surface area (Å²) in [7, 11) is -4.33. The molecule has 0 aliphatic heterocycles. The van der Waals surface area contributed by atoms with Crippen LogP contribution in [0, 0.1) is 0 Å². The third-order valence-electron chi connectivity index (χ3n) is 6.46. The van der Waals surface area contributed by atoms with Gasteiger partial charge in [-0.2, -0.15) is 0 Å². The van der Waals surface area contributed by atoms with Gasteiger partial charge in [0.1, 0.15) is 6.61 Å². The zero-order valence-corrected chi connectivity index (χ0v) is 25.8. The summed E-state index contributed by atoms with van der Waals surface area (Å²) < 4.78 is 31.8. The van der Waals surface area contributed by atoms with E-state index in [9.17, 15) is 19.0 Å². The van der Waals surface area contributed by atoms with E-state index in [0.717, 1.165) is 19.3 Å². The summed E-state index contributed by atoms with van der Waals surface area (Å²) in [6, 6.07) is 0. The minimum atomic E-state index is -4.33. The van der Waals surface area contributed by atoms with Crippen LogP contribution in [-0.2, 0) is 32.7 Å². The van der Waals surface area contributed by atoms with Gasteiger partial charge in [0.15, 0.2) is 6.10 Å². The maximum absolute atomic E-state index is 12.1. The lowest BCUT2D eigenvalue weighted by Gasteiger charge is -2.19. The Morgan fingerprint density at radius 3 is 1.62 bits per heavy atom. The summed E-state index contributed by atoms with van der Waals surface area (Å²) in [5.41, 5.74) is 5.25. The number of esters is 2. The van der Waals surface area contributed by atoms with Gasteiger partial charge in [0, 0.05) is 19.4 Å². The Morgan fingerprint density at radius 2 is 1.15 bits per heavy atom. The van der Waals surface area contributed by atoms with Crippen molar-refractivity contribution >= 4 is 19.8 Å². The molecule has 0 radical (unpaired) electrons. The highest BCUT2D eigenvalue weighted by Crippen LogP contribution is 2.43. The number of nitrogens with two attached hydrogens (primary N) is 1. The van der Waals surface area contributed by atoms with E-state index in [0.29, 0.717) is 6.42 Å². The van der Waals surface area contributed by atoms with Crippen LogP contribution in [0.15, 0.2) is 0 Å². The van der Waals surface area contributed by atoms with Crippen molar-refractivity contribution in [2.24, 2.45) is 5.73 Å². The summed E-state index contributed by atoms with van der Waals surface area (Å²) in [4.78, 5) is 33.6. The summed E-state index contributed by atoms with van der Waals surface area (Å²) in [6.07, 6.45) is 21.7. The van der Waals surface area contributed by atoms with E-state index < -0.39 is 26.5 Å². The molecule has 0 bridgehead atoms. The number of unbranched alkanes of at least 4 members (excludes halogenated alkanes) is 16. The number of phosphoric acid groups is 1. The molecule has 0 heterocycles. The van der Waals surface area contributed by atoms with Crippen molar-refractivity contribution in [3.63, 3.8) is 0 Å². The molecule has 0 fully saturated rings. The average Bonchev–Trinajstić information content (AvgIpc) is 2.91. The molecule has 232 valence electrons. The molecule has 9 nitrogen and oxygen atoms in total. The van der Waals surface area contributed by atoms with E-state index in [2.05, 4.69) is 11.4 Å². The van der Waals surface area contributed by atoms with Gasteiger partial charge in [0.2, 0.25) is 0 Å². The Kier molecular flexibility index (Phi) is 26.5. The normalized spacial score (nSPS) is 13.6. The molecule has 39 heavy (non-hydrogen) atoms. The van der Waals surface area contributed by atoms with E-state index in [4.69, 9.17) is 19.7 Å². The zero-order chi connectivity index (χ0) is 29.0. The fraction of sp³-hybridized carbons (Fsp3) is 0.931. The maximum atomic E-state index is 12.1. The van der Waals surface area contributed by atoms with Gasteiger partial charge in [-0.25, -0.2) is 4.57 Å². The quantitative estimate of drug-likeness (QED) is 0.0529. The van der Waals surface area contributed by atoms with Crippen molar-refractivity contribution in [3.8, 4) is 0 Å². The van der Waals surface area contributed by atoms with Gasteiger partial charge >= 0.3 is 19.8 Å². The molecule has 0 aromatic rings. The number of carbonyl (C=O) groups is 2. The Bertz CT molecular complexity index is 634. The Labute approximate surface area is 237 Å². The molecule has 0 amide bonds. The fourth-order valence-corrected chi connectivity index (χ4v) is 4.97. The predicted molar refractivity (Wildman–Crippen MR) is 155 cm³/mol. The summed E-state index contributed by atoms with van der Waals surface area (Å²) in [5, 5.41) is 0. The van der Waals surface area contributed by atoms with Crippen LogP contribution in [0.3, 0.4) is 0 Å². The number of phosphoric ester groups is 1. The molecular formula is C29H58NO8P. The van der Waals surface area contributed by atoms with Crippen LogP contribution in [0.1, 0.15) is 142 Å². The van der Waals surface area contributed by atoms with Gasteiger partial charge in [0.05, 0.1) is 13.2 Å². The Balaban J connectivity index is 3.83. The number of rotatable bonds is 29. The van der Waals surface area contributed by atoms with Gasteiger partial charge in [-0.1, -0.05) is 117 Å². The van der Waals surface area contributed by atoms with Crippen molar-refractivity contribution in [1.82, 2.24) is 0 Å². The fourth-order valence-electron chi connectivity index (χ4n) is 4.20. The van der Waals surface area contributed by atoms with Crippen LogP contribution < -0.4 is 5.73 Å². The van der Waals surface area contributed by atoms with Crippen LogP contribution in [0.2, 0.25) is 0 Å². The number of ether oxygens (including phenoxy) is 2. The molecule has 0 aromatic heterocycles. The van der Waals surface area contributed by atoms with Gasteiger partial charge in [-0.3, -0.25) is 18.6 Å². The van der Waals surface area contributed by atoms with E-state index in [1.165, 1.54) is 89.9 Å². The van der Waals surface area contributed by atoms with Crippen LogP contribution in [-0.4, -0.2) is 49.3 Å².